The Labute approximate surface area is 167 Å². The zero-order chi connectivity index (χ0) is 19.7. The molecule has 4 rings (SSSR count). The van der Waals surface area contributed by atoms with Crippen molar-refractivity contribution in [1.29, 1.82) is 0 Å². The summed E-state index contributed by atoms with van der Waals surface area (Å²) in [7, 11) is 5.57. The first kappa shape index (κ1) is 19.2. The summed E-state index contributed by atoms with van der Waals surface area (Å²) in [6.45, 7) is 2.72. The van der Waals surface area contributed by atoms with Crippen molar-refractivity contribution >= 4 is 5.95 Å². The lowest BCUT2D eigenvalue weighted by Crippen LogP contribution is -2.43. The van der Waals surface area contributed by atoms with Crippen LogP contribution in [0.15, 0.2) is 36.7 Å². The predicted octanol–water partition coefficient (Wildman–Crippen LogP) is 2.67. The third kappa shape index (κ3) is 3.47. The van der Waals surface area contributed by atoms with Crippen molar-refractivity contribution in [3.05, 3.63) is 47.8 Å². The molecule has 0 bridgehead atoms. The van der Waals surface area contributed by atoms with E-state index in [-0.39, 0.29) is 5.92 Å². The fourth-order valence-electron chi connectivity index (χ4n) is 5.00. The van der Waals surface area contributed by atoms with Crippen LogP contribution in [0.4, 0.5) is 5.95 Å². The summed E-state index contributed by atoms with van der Waals surface area (Å²) in [6.07, 6.45) is 6.84. The summed E-state index contributed by atoms with van der Waals surface area (Å²) in [5, 5.41) is 11.8. The lowest BCUT2D eigenvalue weighted by atomic mass is 9.67. The van der Waals surface area contributed by atoms with Crippen LogP contribution < -0.4 is 9.64 Å². The SMILES string of the molecule is COc1ccccc1[C@]1(O)CCC[C@@H]2CN(Cc3cnc(N(C)C)nc3)C[C@H]21. The van der Waals surface area contributed by atoms with Crippen LogP contribution >= 0.6 is 0 Å². The maximum absolute atomic E-state index is 11.8. The van der Waals surface area contributed by atoms with Gasteiger partial charge in [-0.15, -0.1) is 0 Å². The topological polar surface area (TPSA) is 61.7 Å². The number of hydrogen-bond donors (Lipinski definition) is 1. The highest BCUT2D eigenvalue weighted by Crippen LogP contribution is 2.50. The van der Waals surface area contributed by atoms with E-state index in [2.05, 4.69) is 14.9 Å². The van der Waals surface area contributed by atoms with Crippen molar-refractivity contribution in [2.24, 2.45) is 11.8 Å². The maximum atomic E-state index is 11.8. The summed E-state index contributed by atoms with van der Waals surface area (Å²) in [5.41, 5.74) is 1.23. The molecule has 2 aromatic rings. The fourth-order valence-corrected chi connectivity index (χ4v) is 5.00. The van der Waals surface area contributed by atoms with Crippen LogP contribution in [0.2, 0.25) is 0 Å². The zero-order valence-electron chi connectivity index (χ0n) is 17.0. The monoisotopic (exact) mass is 382 g/mol. The molecule has 6 heteroatoms. The van der Waals surface area contributed by atoms with E-state index in [1.54, 1.807) is 7.11 Å². The number of hydrogen-bond acceptors (Lipinski definition) is 6. The van der Waals surface area contributed by atoms with Gasteiger partial charge in [0.2, 0.25) is 5.95 Å². The van der Waals surface area contributed by atoms with E-state index < -0.39 is 5.60 Å². The van der Waals surface area contributed by atoms with Crippen molar-refractivity contribution in [2.75, 3.05) is 39.2 Å². The summed E-state index contributed by atoms with van der Waals surface area (Å²) in [5.74, 6) is 2.24. The molecule has 0 radical (unpaired) electrons. The Kier molecular flexibility index (Phi) is 5.25. The van der Waals surface area contributed by atoms with Crippen molar-refractivity contribution in [3.63, 3.8) is 0 Å². The number of ether oxygens (including phenoxy) is 1. The molecule has 1 saturated carbocycles. The summed E-state index contributed by atoms with van der Waals surface area (Å²) < 4.78 is 5.57. The summed E-state index contributed by atoms with van der Waals surface area (Å²) in [6, 6.07) is 7.94. The number of methoxy groups -OCH3 is 1. The van der Waals surface area contributed by atoms with Crippen LogP contribution in [0.1, 0.15) is 30.4 Å². The van der Waals surface area contributed by atoms with Gasteiger partial charge >= 0.3 is 0 Å². The Bertz CT molecular complexity index is 810. The highest BCUT2D eigenvalue weighted by molar-refractivity contribution is 5.39. The molecule has 6 nitrogen and oxygen atoms in total. The van der Waals surface area contributed by atoms with Gasteiger partial charge in [0.1, 0.15) is 5.75 Å². The van der Waals surface area contributed by atoms with Gasteiger partial charge in [0.25, 0.3) is 0 Å². The molecule has 0 amide bonds. The Morgan fingerprint density at radius 3 is 2.68 bits per heavy atom. The van der Waals surface area contributed by atoms with Crippen LogP contribution in [0.5, 0.6) is 5.75 Å². The molecule has 1 aromatic carbocycles. The van der Waals surface area contributed by atoms with Gasteiger partial charge in [0.05, 0.1) is 12.7 Å². The van der Waals surface area contributed by atoms with E-state index in [4.69, 9.17) is 4.74 Å². The molecule has 1 aromatic heterocycles. The minimum atomic E-state index is -0.824. The van der Waals surface area contributed by atoms with Gasteiger partial charge in [-0.1, -0.05) is 18.2 Å². The smallest absolute Gasteiger partial charge is 0.224 e. The van der Waals surface area contributed by atoms with E-state index in [1.165, 1.54) is 6.42 Å². The van der Waals surface area contributed by atoms with Crippen molar-refractivity contribution in [2.45, 2.75) is 31.4 Å². The van der Waals surface area contributed by atoms with Crippen molar-refractivity contribution in [3.8, 4) is 5.75 Å². The maximum Gasteiger partial charge on any atom is 0.224 e. The van der Waals surface area contributed by atoms with Crippen LogP contribution in [-0.2, 0) is 12.1 Å². The van der Waals surface area contributed by atoms with Gasteiger partial charge in [0, 0.05) is 63.2 Å². The van der Waals surface area contributed by atoms with Gasteiger partial charge in [-0.2, -0.15) is 0 Å². The normalized spacial score (nSPS) is 27.4. The van der Waals surface area contributed by atoms with Crippen molar-refractivity contribution < 1.29 is 9.84 Å². The zero-order valence-corrected chi connectivity index (χ0v) is 17.0. The van der Waals surface area contributed by atoms with Gasteiger partial charge in [-0.25, -0.2) is 9.97 Å². The molecule has 2 fully saturated rings. The number of aromatic nitrogens is 2. The Morgan fingerprint density at radius 2 is 1.96 bits per heavy atom. The second-order valence-electron chi connectivity index (χ2n) is 8.36. The Morgan fingerprint density at radius 1 is 1.21 bits per heavy atom. The first-order valence-corrected chi connectivity index (χ1v) is 10.1. The van der Waals surface area contributed by atoms with Crippen LogP contribution in [0, 0.1) is 11.8 Å². The summed E-state index contributed by atoms with van der Waals surface area (Å²) >= 11 is 0. The molecule has 2 heterocycles. The average molecular weight is 383 g/mol. The minimum absolute atomic E-state index is 0.222. The Hall–Kier alpha value is -2.18. The standard InChI is InChI=1S/C22H30N4O2/c1-25(2)21-23-11-16(12-24-21)13-26-14-17-7-6-10-22(27,19(17)15-26)18-8-4-5-9-20(18)28-3/h4-5,8-9,11-12,17,19,27H,6-7,10,13-15H2,1-3H3/t17-,19-,22-/m1/s1. The number of nitrogens with zero attached hydrogens (tertiary/aromatic N) is 4. The molecule has 0 spiro atoms. The van der Waals surface area contributed by atoms with E-state index in [0.717, 1.165) is 55.3 Å². The van der Waals surface area contributed by atoms with E-state index in [0.29, 0.717) is 5.92 Å². The largest absolute Gasteiger partial charge is 0.496 e. The minimum Gasteiger partial charge on any atom is -0.496 e. The molecule has 1 N–H and O–H groups in total. The fraction of sp³-hybridized carbons (Fsp3) is 0.545. The van der Waals surface area contributed by atoms with Gasteiger partial charge < -0.3 is 14.7 Å². The molecule has 28 heavy (non-hydrogen) atoms. The number of rotatable bonds is 5. The van der Waals surface area contributed by atoms with Gasteiger partial charge in [-0.05, 0) is 31.2 Å². The molecule has 1 saturated heterocycles. The van der Waals surface area contributed by atoms with Crippen molar-refractivity contribution in [1.82, 2.24) is 14.9 Å². The number of fused-ring (bicyclic) bond motifs is 1. The number of benzene rings is 1. The lowest BCUT2D eigenvalue weighted by molar-refractivity contribution is -0.0662. The molecule has 1 aliphatic carbocycles. The highest BCUT2D eigenvalue weighted by atomic mass is 16.5. The molecule has 150 valence electrons. The van der Waals surface area contributed by atoms with E-state index in [1.807, 2.05) is 55.7 Å². The van der Waals surface area contributed by atoms with Crippen LogP contribution in [-0.4, -0.2) is 54.3 Å². The van der Waals surface area contributed by atoms with E-state index >= 15 is 0 Å². The number of para-hydroxylation sites is 1. The third-order valence-electron chi connectivity index (χ3n) is 6.33. The number of likely N-dealkylation sites (tertiary alicyclic amines) is 1. The highest BCUT2D eigenvalue weighted by Gasteiger charge is 2.50. The predicted molar refractivity (Wildman–Crippen MR) is 109 cm³/mol. The average Bonchev–Trinajstić information content (AvgIpc) is 3.12. The van der Waals surface area contributed by atoms with Crippen LogP contribution in [0.3, 0.4) is 0 Å². The molecular formula is C22H30N4O2. The third-order valence-corrected chi connectivity index (χ3v) is 6.33. The molecule has 2 aliphatic rings. The molecular weight excluding hydrogens is 352 g/mol. The first-order chi connectivity index (χ1) is 13.5. The van der Waals surface area contributed by atoms with Gasteiger partial charge in [-0.3, -0.25) is 4.90 Å². The Balaban J connectivity index is 1.53. The summed E-state index contributed by atoms with van der Waals surface area (Å²) in [4.78, 5) is 13.2. The second kappa shape index (κ2) is 7.68. The van der Waals surface area contributed by atoms with E-state index in [9.17, 15) is 5.11 Å². The molecule has 0 unspecified atom stereocenters. The molecule has 3 atom stereocenters. The quantitative estimate of drug-likeness (QED) is 0.858. The van der Waals surface area contributed by atoms with Gasteiger partial charge in [0.15, 0.2) is 0 Å². The second-order valence-corrected chi connectivity index (χ2v) is 8.36. The first-order valence-electron chi connectivity index (χ1n) is 10.1. The lowest BCUT2D eigenvalue weighted by Gasteiger charge is -2.42. The number of aliphatic hydroxyl groups is 1. The number of anilines is 1. The molecule has 1 aliphatic heterocycles. The van der Waals surface area contributed by atoms with Crippen LogP contribution in [0.25, 0.3) is 0 Å².